The van der Waals surface area contributed by atoms with E-state index in [-0.39, 0.29) is 5.91 Å². The van der Waals surface area contributed by atoms with Crippen molar-refractivity contribution in [1.82, 2.24) is 5.32 Å². The van der Waals surface area contributed by atoms with E-state index >= 15 is 0 Å². The van der Waals surface area contributed by atoms with Crippen LogP contribution in [-0.2, 0) is 16.1 Å². The molecule has 7 heteroatoms. The highest BCUT2D eigenvalue weighted by molar-refractivity contribution is 5.84. The molecule has 2 aromatic rings. The monoisotopic (exact) mass is 386 g/mol. The van der Waals surface area contributed by atoms with E-state index in [2.05, 4.69) is 15.4 Å². The Kier molecular flexibility index (Phi) is 8.65. The van der Waals surface area contributed by atoms with E-state index in [1.807, 2.05) is 43.3 Å². The average molecular weight is 386 g/mol. The molecule has 0 radical (unpaired) electrons. The van der Waals surface area contributed by atoms with Crippen LogP contribution < -0.4 is 20.1 Å². The molecule has 0 aliphatic rings. The number of rotatable bonds is 10. The molecule has 28 heavy (non-hydrogen) atoms. The lowest BCUT2D eigenvalue weighted by Gasteiger charge is -2.11. The second kappa shape index (κ2) is 11.5. The molecule has 0 aliphatic carbocycles. The fraction of sp³-hybridized carbons (Fsp3) is 0.333. The number of carbonyl (C=O) groups is 2. The standard InChI is InChI=1S/C21H26N2O5/c1-3-27-18-7-4-5-8-19(18)28-14-6-9-20(24)22-15-16-10-12-17(13-11-16)23-21(25)26-2/h4-5,7-8,10-13H,3,6,9,14-15H2,1-2H3,(H,22,24)(H,23,25). The van der Waals surface area contributed by atoms with Gasteiger partial charge < -0.3 is 19.5 Å². The number of carbonyl (C=O) groups excluding carboxylic acids is 2. The summed E-state index contributed by atoms with van der Waals surface area (Å²) >= 11 is 0. The Morgan fingerprint density at radius 2 is 1.64 bits per heavy atom. The maximum absolute atomic E-state index is 12.0. The fourth-order valence-corrected chi connectivity index (χ4v) is 2.42. The van der Waals surface area contributed by atoms with E-state index in [0.29, 0.717) is 49.8 Å². The highest BCUT2D eigenvalue weighted by Crippen LogP contribution is 2.26. The Morgan fingerprint density at radius 3 is 2.29 bits per heavy atom. The second-order valence-corrected chi connectivity index (χ2v) is 5.92. The summed E-state index contributed by atoms with van der Waals surface area (Å²) in [5, 5.41) is 5.44. The summed E-state index contributed by atoms with van der Waals surface area (Å²) in [6, 6.07) is 14.7. The van der Waals surface area contributed by atoms with Crippen molar-refractivity contribution in [1.29, 1.82) is 0 Å². The van der Waals surface area contributed by atoms with Crippen LogP contribution in [0.15, 0.2) is 48.5 Å². The number of anilines is 1. The lowest BCUT2D eigenvalue weighted by Crippen LogP contribution is -2.23. The van der Waals surface area contributed by atoms with Gasteiger partial charge in [0.1, 0.15) is 0 Å². The van der Waals surface area contributed by atoms with Crippen molar-refractivity contribution in [3.63, 3.8) is 0 Å². The van der Waals surface area contributed by atoms with Gasteiger partial charge in [-0.25, -0.2) is 4.79 Å². The average Bonchev–Trinajstić information content (AvgIpc) is 2.72. The molecule has 0 atom stereocenters. The minimum absolute atomic E-state index is 0.0431. The minimum Gasteiger partial charge on any atom is -0.490 e. The molecule has 0 saturated heterocycles. The van der Waals surface area contributed by atoms with E-state index in [9.17, 15) is 9.59 Å². The molecule has 0 unspecified atom stereocenters. The van der Waals surface area contributed by atoms with Crippen molar-refractivity contribution >= 4 is 17.7 Å². The van der Waals surface area contributed by atoms with Crippen LogP contribution in [-0.4, -0.2) is 32.3 Å². The first-order valence-corrected chi connectivity index (χ1v) is 9.17. The van der Waals surface area contributed by atoms with Crippen LogP contribution in [0.4, 0.5) is 10.5 Å². The number of hydrogen-bond donors (Lipinski definition) is 2. The predicted octanol–water partition coefficient (Wildman–Crippen LogP) is 3.74. The van der Waals surface area contributed by atoms with Crippen molar-refractivity contribution in [2.45, 2.75) is 26.3 Å². The number of methoxy groups -OCH3 is 1. The first-order chi connectivity index (χ1) is 13.6. The van der Waals surface area contributed by atoms with Crippen molar-refractivity contribution in [2.24, 2.45) is 0 Å². The molecule has 0 saturated carbocycles. The van der Waals surface area contributed by atoms with Gasteiger partial charge in [0.05, 0.1) is 20.3 Å². The second-order valence-electron chi connectivity index (χ2n) is 5.92. The smallest absolute Gasteiger partial charge is 0.411 e. The first kappa shape index (κ1) is 21.1. The number of ether oxygens (including phenoxy) is 3. The molecular weight excluding hydrogens is 360 g/mol. The lowest BCUT2D eigenvalue weighted by molar-refractivity contribution is -0.121. The number of benzene rings is 2. The Balaban J connectivity index is 1.67. The number of para-hydroxylation sites is 2. The van der Waals surface area contributed by atoms with Crippen LogP contribution in [0.25, 0.3) is 0 Å². The first-order valence-electron chi connectivity index (χ1n) is 9.17. The van der Waals surface area contributed by atoms with Gasteiger partial charge >= 0.3 is 6.09 Å². The molecule has 150 valence electrons. The van der Waals surface area contributed by atoms with Gasteiger partial charge in [-0.15, -0.1) is 0 Å². The molecule has 7 nitrogen and oxygen atoms in total. The Bertz CT molecular complexity index is 762. The SMILES string of the molecule is CCOc1ccccc1OCCCC(=O)NCc1ccc(NC(=O)OC)cc1. The molecule has 0 fully saturated rings. The Hall–Kier alpha value is -3.22. The van der Waals surface area contributed by atoms with Crippen molar-refractivity contribution in [3.05, 3.63) is 54.1 Å². The van der Waals surface area contributed by atoms with Crippen molar-refractivity contribution < 1.29 is 23.8 Å². The topological polar surface area (TPSA) is 85.9 Å². The summed E-state index contributed by atoms with van der Waals surface area (Å²) < 4.78 is 15.7. The lowest BCUT2D eigenvalue weighted by atomic mass is 10.2. The summed E-state index contributed by atoms with van der Waals surface area (Å²) in [5.74, 6) is 1.35. The predicted molar refractivity (Wildman–Crippen MR) is 107 cm³/mol. The third-order valence-electron chi connectivity index (χ3n) is 3.83. The van der Waals surface area contributed by atoms with Crippen LogP contribution in [0.1, 0.15) is 25.3 Å². The molecule has 0 bridgehead atoms. The van der Waals surface area contributed by atoms with E-state index in [1.54, 1.807) is 12.1 Å². The van der Waals surface area contributed by atoms with Crippen molar-refractivity contribution in [3.8, 4) is 11.5 Å². The van der Waals surface area contributed by atoms with E-state index < -0.39 is 6.09 Å². The van der Waals surface area contributed by atoms with Crippen LogP contribution in [0.5, 0.6) is 11.5 Å². The van der Waals surface area contributed by atoms with Crippen LogP contribution >= 0.6 is 0 Å². The van der Waals surface area contributed by atoms with Gasteiger partial charge in [0, 0.05) is 18.7 Å². The van der Waals surface area contributed by atoms with E-state index in [1.165, 1.54) is 7.11 Å². The molecule has 2 rings (SSSR count). The number of amides is 2. The molecular formula is C21H26N2O5. The molecule has 2 aromatic carbocycles. The molecule has 2 N–H and O–H groups in total. The maximum atomic E-state index is 12.0. The van der Waals surface area contributed by atoms with Gasteiger partial charge in [-0.3, -0.25) is 10.1 Å². The van der Waals surface area contributed by atoms with Gasteiger partial charge in [0.15, 0.2) is 11.5 Å². The van der Waals surface area contributed by atoms with Crippen molar-refractivity contribution in [2.75, 3.05) is 25.6 Å². The minimum atomic E-state index is -0.521. The maximum Gasteiger partial charge on any atom is 0.411 e. The van der Waals surface area contributed by atoms with Gasteiger partial charge in [-0.1, -0.05) is 24.3 Å². The van der Waals surface area contributed by atoms with Gasteiger partial charge in [-0.2, -0.15) is 0 Å². The normalized spacial score (nSPS) is 10.1. The zero-order valence-electron chi connectivity index (χ0n) is 16.2. The fourth-order valence-electron chi connectivity index (χ4n) is 2.42. The molecule has 0 spiro atoms. The van der Waals surface area contributed by atoms with Crippen LogP contribution in [0, 0.1) is 0 Å². The molecule has 0 aliphatic heterocycles. The summed E-state index contributed by atoms with van der Waals surface area (Å²) in [4.78, 5) is 23.1. The highest BCUT2D eigenvalue weighted by atomic mass is 16.5. The van der Waals surface area contributed by atoms with E-state index in [0.717, 1.165) is 5.56 Å². The third-order valence-corrected chi connectivity index (χ3v) is 3.83. The molecule has 0 heterocycles. The van der Waals surface area contributed by atoms with Crippen LogP contribution in [0.2, 0.25) is 0 Å². The van der Waals surface area contributed by atoms with Gasteiger partial charge in [0.25, 0.3) is 0 Å². The largest absolute Gasteiger partial charge is 0.490 e. The molecule has 0 aromatic heterocycles. The number of hydrogen-bond acceptors (Lipinski definition) is 5. The van der Waals surface area contributed by atoms with Gasteiger partial charge in [0.2, 0.25) is 5.91 Å². The summed E-state index contributed by atoms with van der Waals surface area (Å²) in [5.41, 5.74) is 1.57. The quantitative estimate of drug-likeness (QED) is 0.608. The third kappa shape index (κ3) is 7.19. The Labute approximate surface area is 165 Å². The zero-order chi connectivity index (χ0) is 20.2. The summed E-state index contributed by atoms with van der Waals surface area (Å²) in [7, 11) is 1.31. The van der Waals surface area contributed by atoms with Crippen LogP contribution in [0.3, 0.4) is 0 Å². The summed E-state index contributed by atoms with van der Waals surface area (Å²) in [6.45, 7) is 3.35. The highest BCUT2D eigenvalue weighted by Gasteiger charge is 2.06. The Morgan fingerprint density at radius 1 is 0.964 bits per heavy atom. The number of nitrogens with one attached hydrogen (secondary N) is 2. The van der Waals surface area contributed by atoms with Gasteiger partial charge in [-0.05, 0) is 43.2 Å². The van der Waals surface area contributed by atoms with E-state index in [4.69, 9.17) is 9.47 Å². The molecule has 2 amide bonds. The zero-order valence-corrected chi connectivity index (χ0v) is 16.2. The summed E-state index contributed by atoms with van der Waals surface area (Å²) in [6.07, 6.45) is 0.458.